The van der Waals surface area contributed by atoms with Crippen LogP contribution >= 0.6 is 0 Å². The van der Waals surface area contributed by atoms with Gasteiger partial charge in [-0.05, 0) is 6.92 Å². The van der Waals surface area contributed by atoms with Gasteiger partial charge in [0.25, 0.3) is 0 Å². The molecule has 0 unspecified atom stereocenters. The fourth-order valence-corrected chi connectivity index (χ4v) is 1.75. The number of rotatable bonds is 3. The molecule has 3 aromatic heterocycles. The predicted molar refractivity (Wildman–Crippen MR) is 65.8 cm³/mol. The van der Waals surface area contributed by atoms with Gasteiger partial charge >= 0.3 is 6.01 Å². The first kappa shape index (κ1) is 11.3. The highest BCUT2D eigenvalue weighted by Crippen LogP contribution is 2.24. The van der Waals surface area contributed by atoms with E-state index >= 15 is 0 Å². The summed E-state index contributed by atoms with van der Waals surface area (Å²) in [4.78, 5) is 12.7. The summed E-state index contributed by atoms with van der Waals surface area (Å²) < 4.78 is 6.91. The molecule has 0 spiro atoms. The molecule has 3 heterocycles. The Balaban J connectivity index is 2.23. The van der Waals surface area contributed by atoms with Gasteiger partial charge in [-0.15, -0.1) is 0 Å². The average molecular weight is 257 g/mol. The summed E-state index contributed by atoms with van der Waals surface area (Å²) in [5.74, 6) is 1.46. The number of methoxy groups -OCH3 is 1. The molecule has 0 saturated carbocycles. The van der Waals surface area contributed by atoms with Gasteiger partial charge in [0.05, 0.1) is 18.9 Å². The third-order valence-corrected chi connectivity index (χ3v) is 2.67. The second-order valence-corrected chi connectivity index (χ2v) is 3.79. The van der Waals surface area contributed by atoms with E-state index in [4.69, 9.17) is 4.74 Å². The van der Waals surface area contributed by atoms with Crippen molar-refractivity contribution in [1.82, 2.24) is 34.9 Å². The summed E-state index contributed by atoms with van der Waals surface area (Å²) in [6, 6.07) is 0.287. The Bertz CT molecular complexity index is 689. The maximum absolute atomic E-state index is 5.07. The van der Waals surface area contributed by atoms with Crippen molar-refractivity contribution in [2.75, 3.05) is 7.11 Å². The normalized spacial score (nSPS) is 10.6. The molecule has 1 N–H and O–H groups in total. The van der Waals surface area contributed by atoms with Crippen LogP contribution in [-0.4, -0.2) is 42.0 Å². The Morgan fingerprint density at radius 3 is 2.79 bits per heavy atom. The van der Waals surface area contributed by atoms with Gasteiger partial charge in [-0.25, -0.2) is 9.97 Å². The molecule has 0 radical (unpaired) electrons. The number of nitrogens with zero attached hydrogens (tertiary/aromatic N) is 6. The van der Waals surface area contributed by atoms with Crippen molar-refractivity contribution in [2.45, 2.75) is 6.92 Å². The largest absolute Gasteiger partial charge is 0.467 e. The summed E-state index contributed by atoms with van der Waals surface area (Å²) >= 11 is 0. The van der Waals surface area contributed by atoms with Crippen molar-refractivity contribution in [3.63, 3.8) is 0 Å². The zero-order valence-electron chi connectivity index (χ0n) is 10.4. The quantitative estimate of drug-likeness (QED) is 0.744. The predicted octanol–water partition coefficient (Wildman–Crippen LogP) is 0.764. The Labute approximate surface area is 108 Å². The molecule has 0 amide bonds. The van der Waals surface area contributed by atoms with Crippen LogP contribution in [0.1, 0.15) is 5.82 Å². The molecule has 0 aliphatic heterocycles. The van der Waals surface area contributed by atoms with Crippen molar-refractivity contribution in [3.8, 4) is 23.1 Å². The highest BCUT2D eigenvalue weighted by atomic mass is 16.5. The smallest absolute Gasteiger partial charge is 0.318 e. The number of ether oxygens (including phenoxy) is 1. The van der Waals surface area contributed by atoms with Crippen LogP contribution < -0.4 is 4.74 Å². The van der Waals surface area contributed by atoms with Gasteiger partial charge in [-0.3, -0.25) is 4.57 Å². The third kappa shape index (κ3) is 1.92. The first-order valence-electron chi connectivity index (χ1n) is 5.57. The Morgan fingerprint density at radius 2 is 2.16 bits per heavy atom. The number of aryl methyl sites for hydroxylation is 1. The first-order valence-corrected chi connectivity index (χ1v) is 5.57. The van der Waals surface area contributed by atoms with Crippen LogP contribution in [0.15, 0.2) is 24.8 Å². The van der Waals surface area contributed by atoms with Crippen molar-refractivity contribution < 1.29 is 4.74 Å². The van der Waals surface area contributed by atoms with Gasteiger partial charge in [0, 0.05) is 18.6 Å². The molecule has 0 aromatic carbocycles. The molecule has 8 heteroatoms. The Hall–Kier alpha value is -2.77. The minimum absolute atomic E-state index is 0.287. The first-order chi connectivity index (χ1) is 9.29. The molecule has 3 aromatic rings. The summed E-state index contributed by atoms with van der Waals surface area (Å²) in [6.07, 6.45) is 6.79. The standard InChI is InChI=1S/C11H11N7O/c1-7-12-3-4-18(7)10-8(9-6-14-17-16-9)5-13-11(15-10)19-2/h3-6H,1-2H3,(H,14,16,17). The maximum atomic E-state index is 5.07. The minimum Gasteiger partial charge on any atom is -0.467 e. The summed E-state index contributed by atoms with van der Waals surface area (Å²) in [5.41, 5.74) is 1.40. The third-order valence-electron chi connectivity index (χ3n) is 2.67. The van der Waals surface area contributed by atoms with Crippen LogP contribution in [0.4, 0.5) is 0 Å². The number of imidazole rings is 1. The average Bonchev–Trinajstić information content (AvgIpc) is 3.09. The van der Waals surface area contributed by atoms with Gasteiger partial charge < -0.3 is 4.74 Å². The van der Waals surface area contributed by atoms with Crippen LogP contribution in [0.2, 0.25) is 0 Å². The number of aromatic nitrogens is 7. The Kier molecular flexibility index (Phi) is 2.67. The lowest BCUT2D eigenvalue weighted by Crippen LogP contribution is -2.04. The summed E-state index contributed by atoms with van der Waals surface area (Å²) in [7, 11) is 1.52. The molecular formula is C11H11N7O. The second kappa shape index (κ2) is 4.48. The van der Waals surface area contributed by atoms with Crippen molar-refractivity contribution in [3.05, 3.63) is 30.6 Å². The number of aromatic amines is 1. The van der Waals surface area contributed by atoms with E-state index in [2.05, 4.69) is 30.4 Å². The molecular weight excluding hydrogens is 246 g/mol. The van der Waals surface area contributed by atoms with E-state index in [9.17, 15) is 0 Å². The molecule has 0 aliphatic rings. The summed E-state index contributed by atoms with van der Waals surface area (Å²) in [6.45, 7) is 1.89. The highest BCUT2D eigenvalue weighted by Gasteiger charge is 2.15. The van der Waals surface area contributed by atoms with E-state index < -0.39 is 0 Å². The lowest BCUT2D eigenvalue weighted by molar-refractivity contribution is 0.379. The molecule has 8 nitrogen and oxygen atoms in total. The molecule has 0 aliphatic carbocycles. The monoisotopic (exact) mass is 257 g/mol. The van der Waals surface area contributed by atoms with Crippen LogP contribution in [0.3, 0.4) is 0 Å². The SMILES string of the molecule is COc1ncc(-c2cn[nH]n2)c(-n2ccnc2C)n1. The van der Waals surface area contributed by atoms with Crippen LogP contribution in [0.5, 0.6) is 6.01 Å². The van der Waals surface area contributed by atoms with Crippen LogP contribution in [0.25, 0.3) is 17.1 Å². The molecule has 96 valence electrons. The Morgan fingerprint density at radius 1 is 1.26 bits per heavy atom. The maximum Gasteiger partial charge on any atom is 0.318 e. The number of hydrogen-bond acceptors (Lipinski definition) is 6. The van der Waals surface area contributed by atoms with Crippen LogP contribution in [-0.2, 0) is 0 Å². The second-order valence-electron chi connectivity index (χ2n) is 3.79. The van der Waals surface area contributed by atoms with Gasteiger partial charge in [-0.2, -0.15) is 20.4 Å². The molecule has 0 atom stereocenters. The highest BCUT2D eigenvalue weighted by molar-refractivity contribution is 5.66. The van der Waals surface area contributed by atoms with Crippen molar-refractivity contribution in [2.24, 2.45) is 0 Å². The lowest BCUT2D eigenvalue weighted by Gasteiger charge is -2.09. The molecule has 3 rings (SSSR count). The zero-order valence-corrected chi connectivity index (χ0v) is 10.4. The van der Waals surface area contributed by atoms with Gasteiger partial charge in [0.1, 0.15) is 11.5 Å². The van der Waals surface area contributed by atoms with Crippen molar-refractivity contribution >= 4 is 0 Å². The summed E-state index contributed by atoms with van der Waals surface area (Å²) in [5, 5.41) is 10.4. The fraction of sp³-hybridized carbons (Fsp3) is 0.182. The topological polar surface area (TPSA) is 94.4 Å². The number of hydrogen-bond donors (Lipinski definition) is 1. The molecule has 0 saturated heterocycles. The van der Waals surface area contributed by atoms with Crippen molar-refractivity contribution in [1.29, 1.82) is 0 Å². The molecule has 19 heavy (non-hydrogen) atoms. The lowest BCUT2D eigenvalue weighted by atomic mass is 10.2. The van der Waals surface area contributed by atoms with E-state index in [1.807, 2.05) is 17.7 Å². The van der Waals surface area contributed by atoms with Gasteiger partial charge in [0.15, 0.2) is 5.82 Å². The van der Waals surface area contributed by atoms with Gasteiger partial charge in [0.2, 0.25) is 0 Å². The van der Waals surface area contributed by atoms with E-state index in [1.165, 1.54) is 7.11 Å². The fourth-order valence-electron chi connectivity index (χ4n) is 1.75. The molecule has 0 bridgehead atoms. The van der Waals surface area contributed by atoms with E-state index in [-0.39, 0.29) is 6.01 Å². The van der Waals surface area contributed by atoms with E-state index in [1.54, 1.807) is 18.6 Å². The number of nitrogens with one attached hydrogen (secondary N) is 1. The van der Waals surface area contributed by atoms with E-state index in [0.29, 0.717) is 11.5 Å². The van der Waals surface area contributed by atoms with E-state index in [0.717, 1.165) is 11.4 Å². The minimum atomic E-state index is 0.287. The van der Waals surface area contributed by atoms with Gasteiger partial charge in [-0.1, -0.05) is 0 Å². The number of H-pyrrole nitrogens is 1. The van der Waals surface area contributed by atoms with Crippen LogP contribution in [0, 0.1) is 6.92 Å². The molecule has 0 fully saturated rings. The zero-order chi connectivity index (χ0) is 13.2.